The van der Waals surface area contributed by atoms with Crippen molar-refractivity contribution in [3.05, 3.63) is 62.6 Å². The van der Waals surface area contributed by atoms with Crippen LogP contribution in [0.15, 0.2) is 36.4 Å². The normalized spacial score (nSPS) is 11.2. The number of urea groups is 1. The summed E-state index contributed by atoms with van der Waals surface area (Å²) in [6.07, 6.45) is 0.0181. The quantitative estimate of drug-likeness (QED) is 0.412. The zero-order chi connectivity index (χ0) is 23.8. The number of benzene rings is 2. The highest BCUT2D eigenvalue weighted by molar-refractivity contribution is 6.41. The number of primary amides is 1. The zero-order valence-corrected chi connectivity index (χ0v) is 19.0. The van der Waals surface area contributed by atoms with Crippen molar-refractivity contribution in [3.8, 4) is 0 Å². The highest BCUT2D eigenvalue weighted by atomic mass is 35.5. The van der Waals surface area contributed by atoms with Crippen LogP contribution in [0.1, 0.15) is 15.9 Å². The molecule has 0 unspecified atom stereocenters. The molecule has 0 aliphatic carbocycles. The average Bonchev–Trinajstić information content (AvgIpc) is 2.72. The number of esters is 1. The van der Waals surface area contributed by atoms with Gasteiger partial charge in [-0.3, -0.25) is 9.59 Å². The van der Waals surface area contributed by atoms with E-state index in [1.54, 1.807) is 24.3 Å². The lowest BCUT2D eigenvalue weighted by Gasteiger charge is -2.18. The molecule has 0 saturated carbocycles. The van der Waals surface area contributed by atoms with E-state index in [4.69, 9.17) is 40.5 Å². The van der Waals surface area contributed by atoms with Crippen LogP contribution < -0.4 is 21.7 Å². The minimum Gasteiger partial charge on any atom is -0.467 e. The van der Waals surface area contributed by atoms with Gasteiger partial charge in [-0.15, -0.1) is 0 Å². The summed E-state index contributed by atoms with van der Waals surface area (Å²) in [5, 5.41) is 7.51. The summed E-state index contributed by atoms with van der Waals surface area (Å²) in [7, 11) is 1.11. The highest BCUT2D eigenvalue weighted by Gasteiger charge is 2.26. The minimum atomic E-state index is -1.26. The molecule has 5 N–H and O–H groups in total. The maximum Gasteiger partial charge on any atom is 0.330 e. The first-order valence-electron chi connectivity index (χ1n) is 9.06. The van der Waals surface area contributed by atoms with E-state index in [2.05, 4.69) is 20.7 Å². The minimum absolute atomic E-state index is 0.0181. The third-order valence-electron chi connectivity index (χ3n) is 4.12. The molecule has 4 amide bonds. The van der Waals surface area contributed by atoms with Gasteiger partial charge in [0, 0.05) is 5.02 Å². The van der Waals surface area contributed by atoms with E-state index in [-0.39, 0.29) is 34.3 Å². The molecule has 0 fully saturated rings. The molecule has 0 aromatic heterocycles. The number of anilines is 1. The fourth-order valence-corrected chi connectivity index (χ4v) is 3.45. The fraction of sp³-hybridized carbons (Fsp3) is 0.200. The van der Waals surface area contributed by atoms with Gasteiger partial charge >= 0.3 is 12.0 Å². The highest BCUT2D eigenvalue weighted by Crippen LogP contribution is 2.32. The molecule has 2 aromatic rings. The van der Waals surface area contributed by atoms with Gasteiger partial charge in [0.15, 0.2) is 0 Å². The van der Waals surface area contributed by atoms with Gasteiger partial charge < -0.3 is 26.4 Å². The second-order valence-corrected chi connectivity index (χ2v) is 7.65. The molecule has 2 rings (SSSR count). The summed E-state index contributed by atoms with van der Waals surface area (Å²) in [6, 6.07) is 7.44. The van der Waals surface area contributed by atoms with Crippen LogP contribution in [-0.4, -0.2) is 43.5 Å². The molecule has 0 saturated heterocycles. The van der Waals surface area contributed by atoms with Crippen LogP contribution in [0.5, 0.6) is 0 Å². The lowest BCUT2D eigenvalue weighted by molar-refractivity contribution is -0.142. The van der Waals surface area contributed by atoms with Crippen LogP contribution in [0.25, 0.3) is 0 Å². The predicted octanol–water partition coefficient (Wildman–Crippen LogP) is 2.77. The summed E-state index contributed by atoms with van der Waals surface area (Å²) in [6.45, 7) is -0.320. The summed E-state index contributed by atoms with van der Waals surface area (Å²) < 4.78 is 4.61. The molecule has 0 aliphatic heterocycles. The van der Waals surface area contributed by atoms with Gasteiger partial charge in [0.05, 0.1) is 41.4 Å². The number of amides is 4. The molecule has 9 nitrogen and oxygen atoms in total. The van der Waals surface area contributed by atoms with E-state index < -0.39 is 29.9 Å². The Labute approximate surface area is 198 Å². The average molecular weight is 502 g/mol. The first-order chi connectivity index (χ1) is 15.1. The number of rotatable bonds is 8. The summed E-state index contributed by atoms with van der Waals surface area (Å²) in [5.74, 6) is -2.06. The van der Waals surface area contributed by atoms with Crippen molar-refractivity contribution < 1.29 is 23.9 Å². The third-order valence-corrected chi connectivity index (χ3v) is 5.06. The van der Waals surface area contributed by atoms with E-state index in [0.29, 0.717) is 10.6 Å². The van der Waals surface area contributed by atoms with Crippen LogP contribution in [0, 0.1) is 0 Å². The lowest BCUT2D eigenvalue weighted by atomic mass is 10.1. The molecule has 0 radical (unpaired) electrons. The molecule has 1 atom stereocenters. The summed E-state index contributed by atoms with van der Waals surface area (Å²) >= 11 is 18.4. The number of hydrogen-bond acceptors (Lipinski definition) is 5. The van der Waals surface area contributed by atoms with Crippen molar-refractivity contribution in [2.24, 2.45) is 5.73 Å². The van der Waals surface area contributed by atoms with E-state index in [9.17, 15) is 19.2 Å². The lowest BCUT2D eigenvalue weighted by Crippen LogP contribution is -2.50. The molecular weight excluding hydrogens is 483 g/mol. The van der Waals surface area contributed by atoms with Gasteiger partial charge in [0.2, 0.25) is 5.91 Å². The molecule has 170 valence electrons. The fourth-order valence-electron chi connectivity index (χ4n) is 2.65. The Morgan fingerprint density at radius 3 is 2.44 bits per heavy atom. The number of carbonyl (C=O) groups is 4. The molecule has 2 aromatic carbocycles. The number of carbonyl (C=O) groups excluding carboxylic acids is 4. The molecule has 0 heterocycles. The predicted molar refractivity (Wildman–Crippen MR) is 121 cm³/mol. The standard InChI is InChI=1S/C20H19Cl3N4O5/c1-32-19(30)14(9-25-20(24)31)27-18(29)16-12(22)5-6-13(17(16)23)26-15(28)8-10-3-2-4-11(21)7-10/h2-7,14H,8-9H2,1H3,(H,26,28)(H,27,29)(H3,24,25,31)/t14-/m0/s1. The monoisotopic (exact) mass is 500 g/mol. The largest absolute Gasteiger partial charge is 0.467 e. The molecule has 0 spiro atoms. The van der Waals surface area contributed by atoms with Crippen molar-refractivity contribution in [1.82, 2.24) is 10.6 Å². The topological polar surface area (TPSA) is 140 Å². The van der Waals surface area contributed by atoms with Crippen LogP contribution in [-0.2, 0) is 20.7 Å². The van der Waals surface area contributed by atoms with Crippen molar-refractivity contribution in [2.45, 2.75) is 12.5 Å². The second kappa shape index (κ2) is 11.6. The SMILES string of the molecule is COC(=O)[C@H](CNC(N)=O)NC(=O)c1c(Cl)ccc(NC(=O)Cc2cccc(Cl)c2)c1Cl. The first kappa shape index (κ1) is 25.3. The van der Waals surface area contributed by atoms with Gasteiger partial charge in [0.1, 0.15) is 6.04 Å². The second-order valence-electron chi connectivity index (χ2n) is 6.43. The first-order valence-corrected chi connectivity index (χ1v) is 10.2. The maximum absolute atomic E-state index is 12.8. The Kier molecular flexibility index (Phi) is 9.13. The molecular formula is C20H19Cl3N4O5. The van der Waals surface area contributed by atoms with Crippen LogP contribution >= 0.6 is 34.8 Å². The molecule has 0 bridgehead atoms. The molecule has 32 heavy (non-hydrogen) atoms. The third kappa shape index (κ3) is 7.01. The number of ether oxygens (including phenoxy) is 1. The van der Waals surface area contributed by atoms with Crippen molar-refractivity contribution >= 4 is 64.3 Å². The summed E-state index contributed by atoms with van der Waals surface area (Å²) in [5.41, 5.74) is 5.64. The zero-order valence-electron chi connectivity index (χ0n) is 16.7. The van der Waals surface area contributed by atoms with E-state index in [1.807, 2.05) is 0 Å². The Hall–Kier alpha value is -3.01. The van der Waals surface area contributed by atoms with Gasteiger partial charge in [-0.05, 0) is 29.8 Å². The van der Waals surface area contributed by atoms with Crippen molar-refractivity contribution in [3.63, 3.8) is 0 Å². The van der Waals surface area contributed by atoms with E-state index in [0.717, 1.165) is 7.11 Å². The molecule has 12 heteroatoms. The Balaban J connectivity index is 2.20. The van der Waals surface area contributed by atoms with E-state index in [1.165, 1.54) is 12.1 Å². The summed E-state index contributed by atoms with van der Waals surface area (Å²) in [4.78, 5) is 48.0. The van der Waals surface area contributed by atoms with Gasteiger partial charge in [-0.25, -0.2) is 9.59 Å². The molecule has 0 aliphatic rings. The van der Waals surface area contributed by atoms with Crippen molar-refractivity contribution in [2.75, 3.05) is 19.0 Å². The Morgan fingerprint density at radius 2 is 1.81 bits per heavy atom. The van der Waals surface area contributed by atoms with E-state index >= 15 is 0 Å². The van der Waals surface area contributed by atoms with Crippen LogP contribution in [0.3, 0.4) is 0 Å². The number of halogens is 3. The van der Waals surface area contributed by atoms with Crippen LogP contribution in [0.4, 0.5) is 10.5 Å². The number of nitrogens with one attached hydrogen (secondary N) is 3. The number of methoxy groups -OCH3 is 1. The van der Waals surface area contributed by atoms with Crippen molar-refractivity contribution in [1.29, 1.82) is 0 Å². The number of nitrogens with two attached hydrogens (primary N) is 1. The Morgan fingerprint density at radius 1 is 1.09 bits per heavy atom. The van der Waals surface area contributed by atoms with Gasteiger partial charge in [0.25, 0.3) is 5.91 Å². The maximum atomic E-state index is 12.8. The van der Waals surface area contributed by atoms with Gasteiger partial charge in [-0.2, -0.15) is 0 Å². The van der Waals surface area contributed by atoms with Gasteiger partial charge in [-0.1, -0.05) is 46.9 Å². The smallest absolute Gasteiger partial charge is 0.330 e. The number of hydrogen-bond donors (Lipinski definition) is 4. The van der Waals surface area contributed by atoms with Crippen LogP contribution in [0.2, 0.25) is 15.1 Å². The Bertz CT molecular complexity index is 1050.